The first kappa shape index (κ1) is 18.4. The fraction of sp³-hybridized carbons (Fsp3) is 0.938. The molecule has 1 aliphatic rings. The molecule has 0 aliphatic carbocycles. The van der Waals surface area contributed by atoms with E-state index in [2.05, 4.69) is 18.7 Å². The molecule has 21 heavy (non-hydrogen) atoms. The predicted octanol–water partition coefficient (Wildman–Crippen LogP) is 1.18. The van der Waals surface area contributed by atoms with Crippen LogP contribution in [0.5, 0.6) is 0 Å². The minimum atomic E-state index is 0.277. The summed E-state index contributed by atoms with van der Waals surface area (Å²) in [7, 11) is 1.73. The highest BCUT2D eigenvalue weighted by atomic mass is 16.5. The first-order valence-corrected chi connectivity index (χ1v) is 8.26. The summed E-state index contributed by atoms with van der Waals surface area (Å²) in [5.41, 5.74) is 5.81. The van der Waals surface area contributed by atoms with Gasteiger partial charge in [-0.25, -0.2) is 0 Å². The Bertz CT molecular complexity index is 297. The summed E-state index contributed by atoms with van der Waals surface area (Å²) < 4.78 is 5.13. The van der Waals surface area contributed by atoms with Crippen LogP contribution in [0.2, 0.25) is 0 Å². The summed E-state index contributed by atoms with van der Waals surface area (Å²) in [6, 6.07) is 0. The van der Waals surface area contributed by atoms with Crippen molar-refractivity contribution in [3.8, 4) is 0 Å². The van der Waals surface area contributed by atoms with Gasteiger partial charge in [-0.05, 0) is 37.8 Å². The van der Waals surface area contributed by atoms with Crippen molar-refractivity contribution in [2.45, 2.75) is 33.1 Å². The van der Waals surface area contributed by atoms with Crippen molar-refractivity contribution in [3.63, 3.8) is 0 Å². The molecule has 5 nitrogen and oxygen atoms in total. The van der Waals surface area contributed by atoms with Crippen molar-refractivity contribution in [3.05, 3.63) is 0 Å². The molecule has 0 saturated carbocycles. The van der Waals surface area contributed by atoms with Gasteiger partial charge >= 0.3 is 0 Å². The number of methoxy groups -OCH3 is 1. The largest absolute Gasteiger partial charge is 0.383 e. The van der Waals surface area contributed by atoms with Crippen LogP contribution in [-0.2, 0) is 9.53 Å². The molecule has 0 aromatic heterocycles. The summed E-state index contributed by atoms with van der Waals surface area (Å²) in [6.45, 7) is 10.4. The summed E-state index contributed by atoms with van der Waals surface area (Å²) in [5, 5.41) is 0. The van der Waals surface area contributed by atoms with E-state index >= 15 is 0 Å². The maximum absolute atomic E-state index is 12.4. The van der Waals surface area contributed by atoms with E-state index in [0.29, 0.717) is 24.8 Å². The first-order chi connectivity index (χ1) is 10.1. The van der Waals surface area contributed by atoms with Gasteiger partial charge in [-0.3, -0.25) is 9.69 Å². The van der Waals surface area contributed by atoms with Crippen LogP contribution < -0.4 is 5.73 Å². The maximum atomic E-state index is 12.4. The Morgan fingerprint density at radius 3 is 2.62 bits per heavy atom. The third kappa shape index (κ3) is 7.25. The number of hydrogen-bond donors (Lipinski definition) is 1. The molecular formula is C16H33N3O2. The van der Waals surface area contributed by atoms with Crippen LogP contribution in [0.1, 0.15) is 33.1 Å². The van der Waals surface area contributed by atoms with E-state index in [1.807, 2.05) is 4.90 Å². The lowest BCUT2D eigenvalue weighted by Crippen LogP contribution is -2.37. The molecule has 1 heterocycles. The highest BCUT2D eigenvalue weighted by Gasteiger charge is 2.21. The molecule has 1 unspecified atom stereocenters. The minimum Gasteiger partial charge on any atom is -0.383 e. The molecule has 1 atom stereocenters. The Hall–Kier alpha value is -0.650. The second-order valence-electron chi connectivity index (χ2n) is 6.50. The van der Waals surface area contributed by atoms with Crippen LogP contribution in [0, 0.1) is 11.8 Å². The second-order valence-corrected chi connectivity index (χ2v) is 6.50. The van der Waals surface area contributed by atoms with E-state index in [1.54, 1.807) is 7.11 Å². The lowest BCUT2D eigenvalue weighted by Gasteiger charge is -2.24. The van der Waals surface area contributed by atoms with Gasteiger partial charge in [0.1, 0.15) is 0 Å². The van der Waals surface area contributed by atoms with E-state index in [9.17, 15) is 4.79 Å². The molecular weight excluding hydrogens is 266 g/mol. The first-order valence-electron chi connectivity index (χ1n) is 8.26. The molecule has 2 N–H and O–H groups in total. The zero-order chi connectivity index (χ0) is 15.7. The molecule has 5 heteroatoms. The molecule has 0 aromatic rings. The lowest BCUT2D eigenvalue weighted by atomic mass is 9.94. The molecule has 0 aromatic carbocycles. The predicted molar refractivity (Wildman–Crippen MR) is 86.1 cm³/mol. The van der Waals surface area contributed by atoms with Crippen molar-refractivity contribution < 1.29 is 9.53 Å². The van der Waals surface area contributed by atoms with Gasteiger partial charge in [-0.15, -0.1) is 0 Å². The summed E-state index contributed by atoms with van der Waals surface area (Å²) in [4.78, 5) is 16.9. The van der Waals surface area contributed by atoms with Crippen molar-refractivity contribution in [1.82, 2.24) is 9.80 Å². The number of rotatable bonds is 8. The van der Waals surface area contributed by atoms with Crippen molar-refractivity contribution in [2.75, 3.05) is 53.0 Å². The van der Waals surface area contributed by atoms with Gasteiger partial charge in [0.15, 0.2) is 0 Å². The quantitative estimate of drug-likeness (QED) is 0.731. The van der Waals surface area contributed by atoms with Crippen LogP contribution in [0.4, 0.5) is 0 Å². The number of hydrogen-bond acceptors (Lipinski definition) is 4. The Balaban J connectivity index is 2.40. The minimum absolute atomic E-state index is 0.277. The average Bonchev–Trinajstić information content (AvgIpc) is 2.69. The second kappa shape index (κ2) is 10.1. The molecule has 1 saturated heterocycles. The van der Waals surface area contributed by atoms with Gasteiger partial charge in [0.2, 0.25) is 5.91 Å². The maximum Gasteiger partial charge on any atom is 0.222 e. The van der Waals surface area contributed by atoms with Gasteiger partial charge in [-0.1, -0.05) is 13.8 Å². The number of carbonyl (C=O) groups excluding carboxylic acids is 1. The summed E-state index contributed by atoms with van der Waals surface area (Å²) in [5.74, 6) is 1.20. The Kier molecular flexibility index (Phi) is 8.88. The molecule has 1 amide bonds. The molecule has 1 fully saturated rings. The third-order valence-electron chi connectivity index (χ3n) is 4.15. The van der Waals surface area contributed by atoms with E-state index in [1.165, 1.54) is 0 Å². The smallest absolute Gasteiger partial charge is 0.222 e. The molecule has 1 aliphatic heterocycles. The number of nitrogens with two attached hydrogens (primary N) is 1. The van der Waals surface area contributed by atoms with Gasteiger partial charge in [0.25, 0.3) is 0 Å². The lowest BCUT2D eigenvalue weighted by molar-refractivity contribution is -0.132. The van der Waals surface area contributed by atoms with Gasteiger partial charge in [-0.2, -0.15) is 0 Å². The van der Waals surface area contributed by atoms with Crippen molar-refractivity contribution >= 4 is 5.91 Å². The number of carbonyl (C=O) groups is 1. The Labute approximate surface area is 129 Å². The number of amides is 1. The van der Waals surface area contributed by atoms with Crippen LogP contribution in [-0.4, -0.2) is 68.7 Å². The van der Waals surface area contributed by atoms with Gasteiger partial charge in [0.05, 0.1) is 6.61 Å². The van der Waals surface area contributed by atoms with Crippen molar-refractivity contribution in [2.24, 2.45) is 17.6 Å². The Morgan fingerprint density at radius 2 is 2.00 bits per heavy atom. The molecule has 124 valence electrons. The van der Waals surface area contributed by atoms with Crippen LogP contribution in [0.3, 0.4) is 0 Å². The monoisotopic (exact) mass is 299 g/mol. The van der Waals surface area contributed by atoms with Gasteiger partial charge < -0.3 is 15.4 Å². The highest BCUT2D eigenvalue weighted by Crippen LogP contribution is 2.16. The SMILES string of the molecule is COCCN1CCCN(C(=O)CC(CN)CC(C)C)CC1. The molecule has 1 rings (SSSR count). The Morgan fingerprint density at radius 1 is 1.24 bits per heavy atom. The average molecular weight is 299 g/mol. The summed E-state index contributed by atoms with van der Waals surface area (Å²) in [6.07, 6.45) is 2.69. The standard InChI is InChI=1S/C16H33N3O2/c1-14(2)11-15(13-17)12-16(20)19-6-4-5-18(7-8-19)9-10-21-3/h14-15H,4-13,17H2,1-3H3. The highest BCUT2D eigenvalue weighted by molar-refractivity contribution is 5.76. The summed E-state index contributed by atoms with van der Waals surface area (Å²) >= 11 is 0. The number of nitrogens with zero attached hydrogens (tertiary/aromatic N) is 2. The normalized spacial score (nSPS) is 18.8. The zero-order valence-corrected chi connectivity index (χ0v) is 14.0. The zero-order valence-electron chi connectivity index (χ0n) is 14.0. The van der Waals surface area contributed by atoms with E-state index < -0.39 is 0 Å². The number of ether oxygens (including phenoxy) is 1. The van der Waals surface area contributed by atoms with Crippen LogP contribution in [0.15, 0.2) is 0 Å². The molecule has 0 bridgehead atoms. The topological polar surface area (TPSA) is 58.8 Å². The molecule has 0 radical (unpaired) electrons. The fourth-order valence-corrected chi connectivity index (χ4v) is 2.97. The van der Waals surface area contributed by atoms with E-state index in [4.69, 9.17) is 10.5 Å². The van der Waals surface area contributed by atoms with E-state index in [-0.39, 0.29) is 5.91 Å². The fourth-order valence-electron chi connectivity index (χ4n) is 2.97. The van der Waals surface area contributed by atoms with Gasteiger partial charge in [0, 0.05) is 39.7 Å². The van der Waals surface area contributed by atoms with Crippen LogP contribution in [0.25, 0.3) is 0 Å². The van der Waals surface area contributed by atoms with Crippen LogP contribution >= 0.6 is 0 Å². The molecule has 0 spiro atoms. The van der Waals surface area contributed by atoms with Crippen molar-refractivity contribution in [1.29, 1.82) is 0 Å². The van der Waals surface area contributed by atoms with E-state index in [0.717, 1.165) is 52.2 Å². The third-order valence-corrected chi connectivity index (χ3v) is 4.15.